The van der Waals surface area contributed by atoms with E-state index < -0.39 is 0 Å². The van der Waals surface area contributed by atoms with Crippen LogP contribution >= 0.6 is 0 Å². The van der Waals surface area contributed by atoms with Crippen LogP contribution in [0.1, 0.15) is 24.5 Å². The van der Waals surface area contributed by atoms with Gasteiger partial charge in [-0.15, -0.1) is 0 Å². The Balaban J connectivity index is 2.08. The molecule has 0 saturated carbocycles. The van der Waals surface area contributed by atoms with Gasteiger partial charge in [-0.25, -0.2) is 10.4 Å². The maximum Gasteiger partial charge on any atom is 0.108 e. The van der Waals surface area contributed by atoms with E-state index in [2.05, 4.69) is 40.8 Å². The highest BCUT2D eigenvalue weighted by atomic mass is 15.5. The van der Waals surface area contributed by atoms with E-state index in [0.29, 0.717) is 0 Å². The normalized spacial score (nSPS) is 12.0. The summed E-state index contributed by atoms with van der Waals surface area (Å²) in [5.41, 5.74) is 5.78. The van der Waals surface area contributed by atoms with E-state index in [1.807, 2.05) is 43.3 Å². The first-order valence-corrected chi connectivity index (χ1v) is 7.30. The maximum absolute atomic E-state index is 9.17. The van der Waals surface area contributed by atoms with Crippen LogP contribution in [-0.4, -0.2) is 11.1 Å². The van der Waals surface area contributed by atoms with Crippen LogP contribution in [0.25, 0.3) is 0 Å². The van der Waals surface area contributed by atoms with Crippen molar-refractivity contribution in [2.45, 2.75) is 32.5 Å². The summed E-state index contributed by atoms with van der Waals surface area (Å²) < 4.78 is 0. The number of nitrogens with zero attached hydrogens (tertiary/aromatic N) is 2. The van der Waals surface area contributed by atoms with Gasteiger partial charge < -0.3 is 0 Å². The lowest BCUT2D eigenvalue weighted by atomic mass is 10.2. The molecule has 0 saturated heterocycles. The molecule has 0 radical (unpaired) electrons. The first-order valence-electron chi connectivity index (χ1n) is 7.30. The summed E-state index contributed by atoms with van der Waals surface area (Å²) >= 11 is 0. The molecule has 2 rings (SSSR count). The van der Waals surface area contributed by atoms with Crippen LogP contribution in [0.3, 0.4) is 0 Å². The number of nitriles is 1. The van der Waals surface area contributed by atoms with Gasteiger partial charge in [-0.1, -0.05) is 67.6 Å². The largest absolute Gasteiger partial charge is 0.237 e. The molecule has 108 valence electrons. The molecule has 0 aliphatic rings. The number of rotatable bonds is 7. The number of hydrogen-bond acceptors (Lipinski definition) is 3. The molecular weight excluding hydrogens is 258 g/mol. The summed E-state index contributed by atoms with van der Waals surface area (Å²) in [5.74, 6) is 0. The highest BCUT2D eigenvalue weighted by molar-refractivity contribution is 5.17. The zero-order valence-electron chi connectivity index (χ0n) is 12.4. The first kappa shape index (κ1) is 15.2. The fraction of sp³-hybridized carbons (Fsp3) is 0.278. The molecule has 0 bridgehead atoms. The minimum Gasteiger partial charge on any atom is -0.237 e. The third-order valence-corrected chi connectivity index (χ3v) is 3.34. The van der Waals surface area contributed by atoms with Crippen molar-refractivity contribution >= 4 is 0 Å². The SMILES string of the molecule is CC[C@@H](C#N)NN(Cc1ccccc1)Cc1ccccc1. The Labute approximate surface area is 126 Å². The molecule has 0 fully saturated rings. The molecule has 2 aromatic rings. The number of benzene rings is 2. The molecule has 3 heteroatoms. The summed E-state index contributed by atoms with van der Waals surface area (Å²) in [6.07, 6.45) is 0.788. The lowest BCUT2D eigenvalue weighted by Crippen LogP contribution is -2.43. The zero-order chi connectivity index (χ0) is 14.9. The first-order chi connectivity index (χ1) is 10.3. The highest BCUT2D eigenvalue weighted by Crippen LogP contribution is 2.09. The molecular formula is C18H21N3. The smallest absolute Gasteiger partial charge is 0.108 e. The van der Waals surface area contributed by atoms with E-state index in [9.17, 15) is 0 Å². The standard InChI is InChI=1S/C18H21N3/c1-2-18(13-19)20-21(14-16-9-5-3-6-10-16)15-17-11-7-4-8-12-17/h3-12,18,20H,2,14-15H2,1H3/t18-/m0/s1. The van der Waals surface area contributed by atoms with Crippen LogP contribution < -0.4 is 5.43 Å². The van der Waals surface area contributed by atoms with E-state index in [4.69, 9.17) is 5.26 Å². The Morgan fingerprint density at radius 2 is 1.43 bits per heavy atom. The fourth-order valence-electron chi connectivity index (χ4n) is 2.19. The summed E-state index contributed by atoms with van der Waals surface area (Å²) in [4.78, 5) is 0. The Morgan fingerprint density at radius 3 is 1.81 bits per heavy atom. The minimum atomic E-state index is -0.155. The maximum atomic E-state index is 9.17. The van der Waals surface area contributed by atoms with Crippen molar-refractivity contribution in [1.82, 2.24) is 10.4 Å². The van der Waals surface area contributed by atoms with Crippen molar-refractivity contribution in [3.8, 4) is 6.07 Å². The number of nitrogens with one attached hydrogen (secondary N) is 1. The Morgan fingerprint density at radius 1 is 0.952 bits per heavy atom. The molecule has 0 amide bonds. The van der Waals surface area contributed by atoms with Gasteiger partial charge in [0.15, 0.2) is 0 Å². The van der Waals surface area contributed by atoms with E-state index in [1.165, 1.54) is 11.1 Å². The van der Waals surface area contributed by atoms with Crippen LogP contribution in [0.15, 0.2) is 60.7 Å². The molecule has 0 aliphatic carbocycles. The summed E-state index contributed by atoms with van der Waals surface area (Å²) in [5, 5.41) is 11.3. The second-order valence-electron chi connectivity index (χ2n) is 5.05. The van der Waals surface area contributed by atoms with E-state index in [-0.39, 0.29) is 6.04 Å². The Bertz CT molecular complexity index is 519. The molecule has 1 N–H and O–H groups in total. The molecule has 0 heterocycles. The van der Waals surface area contributed by atoms with Gasteiger partial charge in [-0.2, -0.15) is 5.26 Å². The van der Waals surface area contributed by atoms with Gasteiger partial charge in [-0.3, -0.25) is 0 Å². The van der Waals surface area contributed by atoms with Crippen LogP contribution in [0.5, 0.6) is 0 Å². The lowest BCUT2D eigenvalue weighted by molar-refractivity contribution is 0.152. The van der Waals surface area contributed by atoms with Gasteiger partial charge in [0.1, 0.15) is 6.04 Å². The van der Waals surface area contributed by atoms with Crippen LogP contribution in [0.2, 0.25) is 0 Å². The molecule has 3 nitrogen and oxygen atoms in total. The molecule has 0 aromatic heterocycles. The van der Waals surface area contributed by atoms with Gasteiger partial charge in [0.2, 0.25) is 0 Å². The fourth-order valence-corrected chi connectivity index (χ4v) is 2.19. The second kappa shape index (κ2) is 8.21. The minimum absolute atomic E-state index is 0.155. The summed E-state index contributed by atoms with van der Waals surface area (Å²) in [7, 11) is 0. The average Bonchev–Trinajstić information content (AvgIpc) is 2.54. The molecule has 0 aliphatic heterocycles. The third kappa shape index (κ3) is 5.03. The second-order valence-corrected chi connectivity index (χ2v) is 5.05. The Kier molecular flexibility index (Phi) is 5.96. The molecule has 21 heavy (non-hydrogen) atoms. The van der Waals surface area contributed by atoms with E-state index >= 15 is 0 Å². The quantitative estimate of drug-likeness (QED) is 0.788. The molecule has 2 aromatic carbocycles. The van der Waals surface area contributed by atoms with Crippen molar-refractivity contribution in [3.63, 3.8) is 0 Å². The van der Waals surface area contributed by atoms with Crippen molar-refractivity contribution in [3.05, 3.63) is 71.8 Å². The predicted octanol–water partition coefficient (Wildman–Crippen LogP) is 3.50. The molecule has 0 unspecified atom stereocenters. The van der Waals surface area contributed by atoms with Gasteiger partial charge in [0, 0.05) is 13.1 Å². The molecule has 0 spiro atoms. The summed E-state index contributed by atoms with van der Waals surface area (Å²) in [6.45, 7) is 3.56. The van der Waals surface area contributed by atoms with Gasteiger partial charge in [0.05, 0.1) is 6.07 Å². The van der Waals surface area contributed by atoms with Gasteiger partial charge in [-0.05, 0) is 17.5 Å². The summed E-state index contributed by atoms with van der Waals surface area (Å²) in [6, 6.07) is 22.8. The lowest BCUT2D eigenvalue weighted by Gasteiger charge is -2.26. The molecule has 1 atom stereocenters. The van der Waals surface area contributed by atoms with Crippen LogP contribution in [0.4, 0.5) is 0 Å². The van der Waals surface area contributed by atoms with Gasteiger partial charge in [0.25, 0.3) is 0 Å². The van der Waals surface area contributed by atoms with E-state index in [0.717, 1.165) is 19.5 Å². The topological polar surface area (TPSA) is 39.1 Å². The third-order valence-electron chi connectivity index (χ3n) is 3.34. The van der Waals surface area contributed by atoms with E-state index in [1.54, 1.807) is 0 Å². The zero-order valence-corrected chi connectivity index (χ0v) is 12.4. The van der Waals surface area contributed by atoms with Crippen molar-refractivity contribution in [1.29, 1.82) is 5.26 Å². The van der Waals surface area contributed by atoms with Gasteiger partial charge >= 0.3 is 0 Å². The predicted molar refractivity (Wildman–Crippen MR) is 85.0 cm³/mol. The highest BCUT2D eigenvalue weighted by Gasteiger charge is 2.12. The Hall–Kier alpha value is -2.15. The monoisotopic (exact) mass is 279 g/mol. The van der Waals surface area contributed by atoms with Crippen molar-refractivity contribution < 1.29 is 0 Å². The van der Waals surface area contributed by atoms with Crippen LogP contribution in [-0.2, 0) is 13.1 Å². The van der Waals surface area contributed by atoms with Crippen molar-refractivity contribution in [2.24, 2.45) is 0 Å². The number of hydrazine groups is 1. The average molecular weight is 279 g/mol. The number of hydrogen-bond donors (Lipinski definition) is 1. The van der Waals surface area contributed by atoms with Crippen LogP contribution in [0, 0.1) is 11.3 Å². The van der Waals surface area contributed by atoms with Crippen molar-refractivity contribution in [2.75, 3.05) is 0 Å².